The van der Waals surface area contributed by atoms with Crippen molar-refractivity contribution in [3.8, 4) is 16.9 Å². The van der Waals surface area contributed by atoms with Gasteiger partial charge in [0, 0.05) is 22.7 Å². The second-order valence-corrected chi connectivity index (χ2v) is 8.33. The average molecular weight is 420 g/mol. The van der Waals surface area contributed by atoms with Gasteiger partial charge in [-0.05, 0) is 35.7 Å². The molecule has 1 heterocycles. The second kappa shape index (κ2) is 8.26. The molecule has 0 atom stereocenters. The predicted octanol–water partition coefficient (Wildman–Crippen LogP) is 5.29. The van der Waals surface area contributed by atoms with Crippen molar-refractivity contribution in [1.29, 1.82) is 0 Å². The van der Waals surface area contributed by atoms with Crippen molar-refractivity contribution >= 4 is 21.0 Å². The van der Waals surface area contributed by atoms with Crippen LogP contribution in [0.5, 0.6) is 5.75 Å². The largest absolute Gasteiger partial charge is 0.488 e. The molecule has 0 spiro atoms. The van der Waals surface area contributed by atoms with Gasteiger partial charge in [-0.15, -0.1) is 0 Å². The summed E-state index contributed by atoms with van der Waals surface area (Å²) in [5.41, 5.74) is 3.57. The summed E-state index contributed by atoms with van der Waals surface area (Å²) in [6.07, 6.45) is 0.778. The molecule has 0 aliphatic carbocycles. The van der Waals surface area contributed by atoms with Gasteiger partial charge in [-0.3, -0.25) is 9.54 Å². The molecule has 1 aromatic heterocycles. The van der Waals surface area contributed by atoms with Crippen molar-refractivity contribution in [3.05, 3.63) is 90.1 Å². The zero-order valence-electron chi connectivity index (χ0n) is 16.4. The predicted molar refractivity (Wildman–Crippen MR) is 117 cm³/mol. The lowest BCUT2D eigenvalue weighted by Crippen LogP contribution is -2.04. The molecule has 0 aliphatic heterocycles. The topological polar surface area (TPSA) is 76.5 Å². The van der Waals surface area contributed by atoms with E-state index in [0.29, 0.717) is 22.4 Å². The lowest BCUT2D eigenvalue weighted by atomic mass is 10.0. The lowest BCUT2D eigenvalue weighted by Gasteiger charge is -2.13. The fourth-order valence-corrected chi connectivity index (χ4v) is 4.15. The monoisotopic (exact) mass is 419 g/mol. The summed E-state index contributed by atoms with van der Waals surface area (Å²) < 4.78 is 39.9. The van der Waals surface area contributed by atoms with Crippen LogP contribution in [0, 0.1) is 0 Å². The van der Waals surface area contributed by atoms with Crippen LogP contribution in [-0.2, 0) is 23.1 Å². The number of para-hydroxylation sites is 1. The van der Waals surface area contributed by atoms with E-state index in [2.05, 4.69) is 4.98 Å². The number of nitrogens with zero attached hydrogens (tertiary/aromatic N) is 1. The van der Waals surface area contributed by atoms with Crippen molar-refractivity contribution in [2.24, 2.45) is 0 Å². The molecule has 0 saturated carbocycles. The first-order valence-corrected chi connectivity index (χ1v) is 11.1. The number of aromatic nitrogens is 1. The SMILES string of the molecule is CCc1cc(OCc2ccc(-c3ccccc3)c(S(=O)(=O)O)c2)c2ccccc2n1. The highest BCUT2D eigenvalue weighted by molar-refractivity contribution is 7.86. The van der Waals surface area contributed by atoms with Gasteiger partial charge in [0.25, 0.3) is 10.1 Å². The lowest BCUT2D eigenvalue weighted by molar-refractivity contribution is 0.309. The van der Waals surface area contributed by atoms with E-state index in [4.69, 9.17) is 4.74 Å². The van der Waals surface area contributed by atoms with Crippen molar-refractivity contribution in [2.45, 2.75) is 24.8 Å². The second-order valence-electron chi connectivity index (χ2n) is 6.94. The Kier molecular flexibility index (Phi) is 5.53. The highest BCUT2D eigenvalue weighted by atomic mass is 32.2. The third-order valence-corrected chi connectivity index (χ3v) is 5.79. The first-order chi connectivity index (χ1) is 14.5. The highest BCUT2D eigenvalue weighted by Gasteiger charge is 2.18. The zero-order valence-corrected chi connectivity index (χ0v) is 17.3. The number of aryl methyl sites for hydroxylation is 1. The van der Waals surface area contributed by atoms with Gasteiger partial charge in [0.05, 0.1) is 5.52 Å². The van der Waals surface area contributed by atoms with Crippen LogP contribution in [0.2, 0.25) is 0 Å². The Morgan fingerprint density at radius 2 is 1.67 bits per heavy atom. The Hall–Kier alpha value is -3.22. The Morgan fingerprint density at radius 1 is 0.933 bits per heavy atom. The molecule has 4 rings (SSSR count). The highest BCUT2D eigenvalue weighted by Crippen LogP contribution is 2.30. The summed E-state index contributed by atoms with van der Waals surface area (Å²) in [5, 5.41) is 0.894. The maximum atomic E-state index is 12.0. The molecule has 30 heavy (non-hydrogen) atoms. The molecule has 5 nitrogen and oxygen atoms in total. The Morgan fingerprint density at radius 3 is 2.40 bits per heavy atom. The van der Waals surface area contributed by atoms with Gasteiger partial charge in [-0.25, -0.2) is 0 Å². The molecule has 0 bridgehead atoms. The Balaban J connectivity index is 1.69. The van der Waals surface area contributed by atoms with E-state index in [1.54, 1.807) is 24.3 Å². The minimum Gasteiger partial charge on any atom is -0.488 e. The van der Waals surface area contributed by atoms with Gasteiger partial charge in [-0.2, -0.15) is 8.42 Å². The van der Waals surface area contributed by atoms with Gasteiger partial charge >= 0.3 is 0 Å². The third-order valence-electron chi connectivity index (χ3n) is 4.90. The van der Waals surface area contributed by atoms with Crippen LogP contribution in [0.4, 0.5) is 0 Å². The van der Waals surface area contributed by atoms with Crippen LogP contribution in [0.3, 0.4) is 0 Å². The minimum absolute atomic E-state index is 0.136. The zero-order chi connectivity index (χ0) is 21.1. The molecule has 0 radical (unpaired) electrons. The summed E-state index contributed by atoms with van der Waals surface area (Å²) in [4.78, 5) is 4.47. The molecule has 0 unspecified atom stereocenters. The first-order valence-electron chi connectivity index (χ1n) is 9.63. The smallest absolute Gasteiger partial charge is 0.295 e. The molecule has 152 valence electrons. The van der Waals surface area contributed by atoms with Crippen molar-refractivity contribution in [3.63, 3.8) is 0 Å². The van der Waals surface area contributed by atoms with Gasteiger partial charge in [-0.1, -0.05) is 61.5 Å². The number of rotatable bonds is 6. The third kappa shape index (κ3) is 4.20. The van der Waals surface area contributed by atoms with Crippen LogP contribution in [0.25, 0.3) is 22.0 Å². The standard InChI is InChI=1S/C24H21NO4S/c1-2-19-15-23(21-10-6-7-11-22(21)25-19)29-16-17-12-13-20(18-8-4-3-5-9-18)24(14-17)30(26,27)28/h3-15H,2,16H2,1H3,(H,26,27,28). The van der Waals surface area contributed by atoms with Gasteiger partial charge in [0.1, 0.15) is 17.3 Å². The maximum Gasteiger partial charge on any atom is 0.295 e. The van der Waals surface area contributed by atoms with E-state index in [0.717, 1.165) is 23.0 Å². The molecule has 1 N–H and O–H groups in total. The van der Waals surface area contributed by atoms with Crippen LogP contribution in [0.1, 0.15) is 18.2 Å². The molecule has 6 heteroatoms. The minimum atomic E-state index is -4.40. The van der Waals surface area contributed by atoms with Crippen molar-refractivity contribution < 1.29 is 17.7 Å². The van der Waals surface area contributed by atoms with Crippen LogP contribution in [-0.4, -0.2) is 18.0 Å². The number of benzene rings is 3. The van der Waals surface area contributed by atoms with E-state index >= 15 is 0 Å². The molecule has 4 aromatic rings. The molecule has 3 aromatic carbocycles. The van der Waals surface area contributed by atoms with Crippen LogP contribution in [0.15, 0.2) is 83.8 Å². The maximum absolute atomic E-state index is 12.0. The Bertz CT molecular complexity index is 1300. The summed E-state index contributed by atoms with van der Waals surface area (Å²) >= 11 is 0. The van der Waals surface area contributed by atoms with Gasteiger partial charge in [0.15, 0.2) is 0 Å². The summed E-state index contributed by atoms with van der Waals surface area (Å²) in [7, 11) is -4.40. The van der Waals surface area contributed by atoms with E-state index in [1.807, 2.05) is 55.5 Å². The molecule has 0 aliphatic rings. The first kappa shape index (κ1) is 20.1. The fraction of sp³-hybridized carbons (Fsp3) is 0.125. The summed E-state index contributed by atoms with van der Waals surface area (Å²) in [6, 6.07) is 23.7. The Labute approximate surface area is 175 Å². The van der Waals surface area contributed by atoms with E-state index in [-0.39, 0.29) is 11.5 Å². The molecule has 0 saturated heterocycles. The average Bonchev–Trinajstić information content (AvgIpc) is 2.77. The number of ether oxygens (including phenoxy) is 1. The molecular formula is C24H21NO4S. The summed E-state index contributed by atoms with van der Waals surface area (Å²) in [6.45, 7) is 2.19. The van der Waals surface area contributed by atoms with Crippen molar-refractivity contribution in [2.75, 3.05) is 0 Å². The molecule has 0 amide bonds. The van der Waals surface area contributed by atoms with Gasteiger partial charge < -0.3 is 4.74 Å². The van der Waals surface area contributed by atoms with Crippen molar-refractivity contribution in [1.82, 2.24) is 4.98 Å². The van der Waals surface area contributed by atoms with Crippen LogP contribution < -0.4 is 4.74 Å². The summed E-state index contributed by atoms with van der Waals surface area (Å²) in [5.74, 6) is 0.693. The normalized spacial score (nSPS) is 11.5. The van der Waals surface area contributed by atoms with Crippen LogP contribution >= 0.6 is 0 Å². The van der Waals surface area contributed by atoms with Gasteiger partial charge in [0.2, 0.25) is 0 Å². The van der Waals surface area contributed by atoms with E-state index in [9.17, 15) is 13.0 Å². The quantitative estimate of drug-likeness (QED) is 0.430. The number of fused-ring (bicyclic) bond motifs is 1. The van der Waals surface area contributed by atoms with E-state index < -0.39 is 10.1 Å². The number of hydrogen-bond acceptors (Lipinski definition) is 4. The molecule has 0 fully saturated rings. The number of pyridine rings is 1. The number of hydrogen-bond donors (Lipinski definition) is 1. The van der Waals surface area contributed by atoms with E-state index in [1.165, 1.54) is 6.07 Å². The fourth-order valence-electron chi connectivity index (χ4n) is 3.38. The molecular weight excluding hydrogens is 398 g/mol.